The predicted octanol–water partition coefficient (Wildman–Crippen LogP) is 2.64. The number of phenolic OH excluding ortho intramolecular Hbond substituents is 1. The Morgan fingerprint density at radius 3 is 2.32 bits per heavy atom. The van der Waals surface area contributed by atoms with Crippen LogP contribution in [0.3, 0.4) is 0 Å². The Hall–Kier alpha value is -3.41. The van der Waals surface area contributed by atoms with Crippen molar-refractivity contribution in [3.05, 3.63) is 59.2 Å². The fraction of sp³-hybridized carbons (Fsp3) is 0.385. The number of sulfonamides is 1. The van der Waals surface area contributed by atoms with E-state index < -0.39 is 33.5 Å². The summed E-state index contributed by atoms with van der Waals surface area (Å²) in [7, 11) is -0.831. The van der Waals surface area contributed by atoms with Crippen molar-refractivity contribution in [3.8, 4) is 11.5 Å². The molecule has 198 valence electrons. The van der Waals surface area contributed by atoms with E-state index in [9.17, 15) is 28.2 Å². The Bertz CT molecular complexity index is 1310. The number of ether oxygens (including phenoxy) is 2. The van der Waals surface area contributed by atoms with Crippen molar-refractivity contribution in [2.75, 3.05) is 40.5 Å². The van der Waals surface area contributed by atoms with Crippen LogP contribution in [-0.4, -0.2) is 80.0 Å². The van der Waals surface area contributed by atoms with Gasteiger partial charge in [0.1, 0.15) is 5.76 Å². The van der Waals surface area contributed by atoms with Crippen LogP contribution < -0.4 is 4.74 Å². The summed E-state index contributed by atoms with van der Waals surface area (Å²) in [5.41, 5.74) is 0.481. The lowest BCUT2D eigenvalue weighted by Crippen LogP contribution is -2.35. The fourth-order valence-corrected chi connectivity index (χ4v) is 6.22. The number of rotatable bonds is 8. The van der Waals surface area contributed by atoms with Gasteiger partial charge in [0.15, 0.2) is 11.5 Å². The summed E-state index contributed by atoms with van der Waals surface area (Å²) >= 11 is 0. The quantitative estimate of drug-likeness (QED) is 0.302. The number of ketones is 1. The Kier molecular flexibility index (Phi) is 7.86. The highest BCUT2D eigenvalue weighted by Gasteiger charge is 2.46. The Morgan fingerprint density at radius 1 is 1.03 bits per heavy atom. The first-order valence-corrected chi connectivity index (χ1v) is 13.4. The van der Waals surface area contributed by atoms with Crippen LogP contribution in [-0.2, 0) is 24.3 Å². The second kappa shape index (κ2) is 10.9. The Labute approximate surface area is 215 Å². The van der Waals surface area contributed by atoms with Crippen molar-refractivity contribution in [3.63, 3.8) is 0 Å². The first-order chi connectivity index (χ1) is 17.7. The molecule has 2 aromatic carbocycles. The molecule has 2 aliphatic rings. The number of hydrogen-bond acceptors (Lipinski definition) is 8. The zero-order chi connectivity index (χ0) is 26.7. The van der Waals surface area contributed by atoms with Gasteiger partial charge in [0.2, 0.25) is 10.0 Å². The van der Waals surface area contributed by atoms with E-state index in [2.05, 4.69) is 0 Å². The number of Topliss-reactive ketones (excluding diaryl/α,β-unsaturated/α-hetero) is 1. The van der Waals surface area contributed by atoms with Crippen LogP contribution in [0.5, 0.6) is 11.5 Å². The zero-order valence-corrected chi connectivity index (χ0v) is 21.5. The summed E-state index contributed by atoms with van der Waals surface area (Å²) in [6, 6.07) is 9.05. The van der Waals surface area contributed by atoms with E-state index in [1.165, 1.54) is 65.9 Å². The molecule has 2 heterocycles. The highest BCUT2D eigenvalue weighted by molar-refractivity contribution is 7.89. The lowest BCUT2D eigenvalue weighted by Gasteiger charge is -2.26. The van der Waals surface area contributed by atoms with Crippen molar-refractivity contribution in [1.82, 2.24) is 9.21 Å². The fourth-order valence-electron chi connectivity index (χ4n) is 4.71. The number of nitrogens with zero attached hydrogens (tertiary/aromatic N) is 2. The first-order valence-electron chi connectivity index (χ1n) is 12.0. The third-order valence-electron chi connectivity index (χ3n) is 6.68. The molecular formula is C26H30N2O8S. The van der Waals surface area contributed by atoms with Crippen molar-refractivity contribution in [1.29, 1.82) is 0 Å². The van der Waals surface area contributed by atoms with Gasteiger partial charge in [0.25, 0.3) is 11.7 Å². The number of likely N-dealkylation sites (tertiary alicyclic amines) is 1. The number of amides is 1. The number of aliphatic hydroxyl groups is 1. The number of carbonyl (C=O) groups excluding carboxylic acids is 2. The summed E-state index contributed by atoms with van der Waals surface area (Å²) in [5, 5.41) is 21.2. The molecule has 1 amide bonds. The van der Waals surface area contributed by atoms with Crippen molar-refractivity contribution < 1.29 is 37.7 Å². The van der Waals surface area contributed by atoms with Gasteiger partial charge in [-0.15, -0.1) is 0 Å². The smallest absolute Gasteiger partial charge is 0.295 e. The molecule has 0 aromatic heterocycles. The molecule has 2 aliphatic heterocycles. The van der Waals surface area contributed by atoms with E-state index in [0.29, 0.717) is 18.7 Å². The van der Waals surface area contributed by atoms with E-state index in [1.807, 2.05) is 0 Å². The van der Waals surface area contributed by atoms with E-state index in [-0.39, 0.29) is 40.7 Å². The molecule has 2 saturated heterocycles. The van der Waals surface area contributed by atoms with Gasteiger partial charge in [0.05, 0.1) is 30.2 Å². The number of aliphatic hydroxyl groups excluding tert-OH is 1. The van der Waals surface area contributed by atoms with Gasteiger partial charge in [-0.3, -0.25) is 9.59 Å². The van der Waals surface area contributed by atoms with Crippen LogP contribution in [0.4, 0.5) is 0 Å². The molecule has 0 radical (unpaired) electrons. The molecule has 2 aromatic rings. The van der Waals surface area contributed by atoms with Crippen LogP contribution in [0.1, 0.15) is 36.4 Å². The average Bonchev–Trinajstić information content (AvgIpc) is 3.17. The number of methoxy groups -OCH3 is 2. The molecule has 1 unspecified atom stereocenters. The lowest BCUT2D eigenvalue weighted by atomic mass is 9.95. The number of phenols is 1. The predicted molar refractivity (Wildman–Crippen MR) is 135 cm³/mol. The van der Waals surface area contributed by atoms with Crippen molar-refractivity contribution in [2.24, 2.45) is 0 Å². The Morgan fingerprint density at radius 2 is 1.70 bits per heavy atom. The number of aromatic hydroxyl groups is 1. The second-order valence-electron chi connectivity index (χ2n) is 8.91. The average molecular weight is 531 g/mol. The summed E-state index contributed by atoms with van der Waals surface area (Å²) in [6.45, 7) is 1.16. The zero-order valence-electron chi connectivity index (χ0n) is 20.7. The maximum absolute atomic E-state index is 13.1. The Balaban J connectivity index is 1.76. The van der Waals surface area contributed by atoms with Crippen molar-refractivity contribution in [2.45, 2.75) is 30.2 Å². The van der Waals surface area contributed by atoms with Gasteiger partial charge in [-0.1, -0.05) is 12.5 Å². The molecule has 11 heteroatoms. The number of carbonyl (C=O) groups is 2. The molecule has 0 saturated carbocycles. The van der Waals surface area contributed by atoms with Crippen LogP contribution >= 0.6 is 0 Å². The van der Waals surface area contributed by atoms with Crippen LogP contribution in [0, 0.1) is 0 Å². The van der Waals surface area contributed by atoms with Gasteiger partial charge < -0.3 is 24.6 Å². The summed E-state index contributed by atoms with van der Waals surface area (Å²) in [5.74, 6) is -2.10. The van der Waals surface area contributed by atoms with Gasteiger partial charge in [-0.05, 0) is 54.8 Å². The molecule has 0 spiro atoms. The van der Waals surface area contributed by atoms with Crippen LogP contribution in [0.25, 0.3) is 5.76 Å². The van der Waals surface area contributed by atoms with E-state index in [4.69, 9.17) is 9.47 Å². The molecule has 0 bridgehead atoms. The molecular weight excluding hydrogens is 500 g/mol. The summed E-state index contributed by atoms with van der Waals surface area (Å²) in [4.78, 5) is 27.4. The largest absolute Gasteiger partial charge is 0.507 e. The standard InChI is InChI=1S/C26H30N2O8S/c1-35-15-14-28-23(18-8-11-20(29)21(16-18)36-2)22(25(31)26(28)32)24(30)17-6-9-19(10-7-17)37(33,34)27-12-4-3-5-13-27/h6-11,16,23,29-30H,3-5,12-15H2,1-2H3/b24-22-. The monoisotopic (exact) mass is 530 g/mol. The van der Waals surface area contributed by atoms with E-state index in [0.717, 1.165) is 19.3 Å². The maximum atomic E-state index is 13.1. The topological polar surface area (TPSA) is 134 Å². The number of benzene rings is 2. The van der Waals surface area contributed by atoms with E-state index in [1.54, 1.807) is 0 Å². The summed E-state index contributed by atoms with van der Waals surface area (Å²) < 4.78 is 37.7. The minimum atomic E-state index is -3.67. The van der Waals surface area contributed by atoms with Crippen LogP contribution in [0.2, 0.25) is 0 Å². The third-order valence-corrected chi connectivity index (χ3v) is 8.59. The molecule has 1 atom stereocenters. The maximum Gasteiger partial charge on any atom is 0.295 e. The van der Waals surface area contributed by atoms with Gasteiger partial charge in [0, 0.05) is 32.3 Å². The van der Waals surface area contributed by atoms with Gasteiger partial charge in [-0.2, -0.15) is 4.31 Å². The lowest BCUT2D eigenvalue weighted by molar-refractivity contribution is -0.140. The van der Waals surface area contributed by atoms with Crippen LogP contribution in [0.15, 0.2) is 52.9 Å². The molecule has 2 N–H and O–H groups in total. The van der Waals surface area contributed by atoms with Gasteiger partial charge >= 0.3 is 0 Å². The number of piperidine rings is 1. The van der Waals surface area contributed by atoms with Crippen molar-refractivity contribution >= 4 is 27.5 Å². The minimum absolute atomic E-state index is 0.0821. The summed E-state index contributed by atoms with van der Waals surface area (Å²) in [6.07, 6.45) is 2.61. The SMILES string of the molecule is COCCN1C(=O)C(=O)/C(=C(\O)c2ccc(S(=O)(=O)N3CCCCC3)cc2)C1c1ccc(O)c(OC)c1. The highest BCUT2D eigenvalue weighted by Crippen LogP contribution is 2.41. The highest BCUT2D eigenvalue weighted by atomic mass is 32.2. The normalized spacial score (nSPS) is 20.4. The number of hydrogen-bond donors (Lipinski definition) is 2. The third kappa shape index (κ3) is 5.07. The molecule has 10 nitrogen and oxygen atoms in total. The van der Waals surface area contributed by atoms with Gasteiger partial charge in [-0.25, -0.2) is 8.42 Å². The molecule has 0 aliphatic carbocycles. The first kappa shape index (κ1) is 26.6. The second-order valence-corrected chi connectivity index (χ2v) is 10.8. The minimum Gasteiger partial charge on any atom is -0.507 e. The molecule has 4 rings (SSSR count). The molecule has 37 heavy (non-hydrogen) atoms. The van der Waals surface area contributed by atoms with E-state index >= 15 is 0 Å². The molecule has 2 fully saturated rings.